The van der Waals surface area contributed by atoms with Crippen molar-refractivity contribution in [3.8, 4) is 0 Å². The Hall–Kier alpha value is -2.99. The third-order valence-corrected chi connectivity index (χ3v) is 5.70. The predicted octanol–water partition coefficient (Wildman–Crippen LogP) is 5.03. The number of carbonyl (C=O) groups excluding carboxylic acids is 1. The van der Waals surface area contributed by atoms with E-state index >= 15 is 0 Å². The van der Waals surface area contributed by atoms with Crippen molar-refractivity contribution in [2.75, 3.05) is 38.2 Å². The van der Waals surface area contributed by atoms with E-state index in [1.54, 1.807) is 12.4 Å². The van der Waals surface area contributed by atoms with Gasteiger partial charge in [0, 0.05) is 44.4 Å². The number of benzene rings is 1. The molecule has 1 atom stereocenters. The number of pyridine rings is 1. The fourth-order valence-electron chi connectivity index (χ4n) is 3.82. The monoisotopic (exact) mass is 466 g/mol. The summed E-state index contributed by atoms with van der Waals surface area (Å²) < 4.78 is 0. The van der Waals surface area contributed by atoms with Crippen LogP contribution in [0.1, 0.15) is 49.8 Å². The van der Waals surface area contributed by atoms with Crippen LogP contribution in [-0.2, 0) is 4.79 Å². The number of aliphatic hydroxyl groups is 1. The molecule has 1 N–H and O–H groups in total. The molecule has 0 bridgehead atoms. The number of amides is 1. The Balaban J connectivity index is 0.00000281. The molecule has 0 aliphatic heterocycles. The van der Waals surface area contributed by atoms with Gasteiger partial charge in [-0.15, -0.1) is 13.2 Å². The van der Waals surface area contributed by atoms with Crippen molar-refractivity contribution >= 4 is 17.4 Å². The van der Waals surface area contributed by atoms with Gasteiger partial charge in [0.15, 0.2) is 0 Å². The van der Waals surface area contributed by atoms with E-state index in [1.807, 2.05) is 44.0 Å². The summed E-state index contributed by atoms with van der Waals surface area (Å²) in [5, 5.41) is 9.26. The molecule has 1 aromatic heterocycles. The Labute approximate surface area is 206 Å². The Morgan fingerprint density at radius 1 is 1.15 bits per heavy atom. The van der Waals surface area contributed by atoms with E-state index in [0.29, 0.717) is 26.1 Å². The lowest BCUT2D eigenvalue weighted by Gasteiger charge is -2.27. The highest BCUT2D eigenvalue weighted by molar-refractivity contribution is 6.00. The van der Waals surface area contributed by atoms with Crippen molar-refractivity contribution in [2.45, 2.75) is 47.0 Å². The first-order valence-corrected chi connectivity index (χ1v) is 12.0. The summed E-state index contributed by atoms with van der Waals surface area (Å²) in [5.74, 6) is 0.948. The molecule has 1 aromatic carbocycles. The second kappa shape index (κ2) is 15.8. The van der Waals surface area contributed by atoms with Crippen molar-refractivity contribution in [3.05, 3.63) is 72.6 Å². The van der Waals surface area contributed by atoms with E-state index in [1.165, 1.54) is 0 Å². The molecule has 0 aliphatic carbocycles. The van der Waals surface area contributed by atoms with Crippen molar-refractivity contribution in [2.24, 2.45) is 10.9 Å². The number of hydrogen-bond donors (Lipinski definition) is 1. The van der Waals surface area contributed by atoms with E-state index in [9.17, 15) is 9.90 Å². The molecule has 34 heavy (non-hydrogen) atoms. The zero-order valence-electron chi connectivity index (χ0n) is 21.6. The Kier molecular flexibility index (Phi) is 13.5. The first-order chi connectivity index (χ1) is 16.4. The van der Waals surface area contributed by atoms with E-state index in [2.05, 4.69) is 49.0 Å². The number of rotatable bonds is 11. The Bertz CT molecular complexity index is 913. The minimum absolute atomic E-state index is 0.0494. The molecular formula is C28H42N4O2. The number of amidine groups is 1. The Morgan fingerprint density at radius 3 is 2.47 bits per heavy atom. The van der Waals surface area contributed by atoms with Crippen LogP contribution in [0.2, 0.25) is 0 Å². The molecule has 1 heterocycles. The van der Waals surface area contributed by atoms with Crippen LogP contribution in [-0.4, -0.2) is 60.0 Å². The molecule has 186 valence electrons. The molecule has 0 aliphatic rings. The Morgan fingerprint density at radius 2 is 1.85 bits per heavy atom. The summed E-state index contributed by atoms with van der Waals surface area (Å²) in [4.78, 5) is 26.4. The van der Waals surface area contributed by atoms with Crippen LogP contribution in [0.3, 0.4) is 0 Å². The zero-order chi connectivity index (χ0) is 25.5. The molecule has 2 rings (SSSR count). The first kappa shape index (κ1) is 29.0. The molecule has 0 fully saturated rings. The van der Waals surface area contributed by atoms with Gasteiger partial charge in [-0.3, -0.25) is 14.8 Å². The zero-order valence-corrected chi connectivity index (χ0v) is 21.6. The fraction of sp³-hybridized carbons (Fsp3) is 0.464. The lowest BCUT2D eigenvalue weighted by Crippen LogP contribution is -2.38. The molecule has 0 radical (unpaired) electrons. The van der Waals surface area contributed by atoms with Crippen molar-refractivity contribution in [1.29, 1.82) is 0 Å². The van der Waals surface area contributed by atoms with Crippen molar-refractivity contribution in [1.82, 2.24) is 9.88 Å². The molecule has 0 saturated carbocycles. The van der Waals surface area contributed by atoms with Gasteiger partial charge in [0.1, 0.15) is 5.84 Å². The van der Waals surface area contributed by atoms with Crippen LogP contribution in [0.5, 0.6) is 0 Å². The van der Waals surface area contributed by atoms with Crippen LogP contribution in [0, 0.1) is 19.8 Å². The number of aliphatic imine (C=N–C) groups is 1. The molecule has 0 spiro atoms. The highest BCUT2D eigenvalue weighted by Gasteiger charge is 2.23. The summed E-state index contributed by atoms with van der Waals surface area (Å²) in [6.45, 7) is 16.0. The van der Waals surface area contributed by atoms with E-state index in [-0.39, 0.29) is 18.4 Å². The molecule has 6 nitrogen and oxygen atoms in total. The van der Waals surface area contributed by atoms with Gasteiger partial charge in [-0.05, 0) is 43.9 Å². The molecule has 1 amide bonds. The summed E-state index contributed by atoms with van der Waals surface area (Å²) in [7, 11) is 2.00. The van der Waals surface area contributed by atoms with Crippen LogP contribution >= 0.6 is 0 Å². The van der Waals surface area contributed by atoms with Crippen molar-refractivity contribution < 1.29 is 9.90 Å². The number of aryl methyl sites for hydroxylation is 2. The van der Waals surface area contributed by atoms with E-state index in [4.69, 9.17) is 4.99 Å². The quantitative estimate of drug-likeness (QED) is 0.286. The van der Waals surface area contributed by atoms with Gasteiger partial charge < -0.3 is 14.9 Å². The standard InChI is InChI=1S/C26H38N4O2.C2H4/c1-6-10-22(4)26(32)30(24-19-27-14-13-21(24)3)17-15-28-25(29(5)16-9-18-31)23-12-8-7-11-20(23)2;1-2/h7-8,11-14,19,22,31H,6,9-10,15-18H2,1-5H3;1-2H2. The van der Waals surface area contributed by atoms with Crippen LogP contribution < -0.4 is 4.90 Å². The third-order valence-electron chi connectivity index (χ3n) is 5.70. The number of hydrogen-bond acceptors (Lipinski definition) is 4. The second-order valence-electron chi connectivity index (χ2n) is 8.36. The fourth-order valence-corrected chi connectivity index (χ4v) is 3.82. The summed E-state index contributed by atoms with van der Waals surface area (Å²) in [5.41, 5.74) is 4.10. The minimum Gasteiger partial charge on any atom is -0.396 e. The largest absolute Gasteiger partial charge is 0.396 e. The minimum atomic E-state index is -0.0494. The molecule has 0 saturated heterocycles. The van der Waals surface area contributed by atoms with Gasteiger partial charge in [-0.2, -0.15) is 0 Å². The van der Waals surface area contributed by atoms with Gasteiger partial charge in [0.2, 0.25) is 5.91 Å². The average molecular weight is 467 g/mol. The average Bonchev–Trinajstić information content (AvgIpc) is 2.85. The molecular weight excluding hydrogens is 424 g/mol. The molecule has 2 aromatic rings. The van der Waals surface area contributed by atoms with Gasteiger partial charge in [-0.25, -0.2) is 0 Å². The molecule has 6 heteroatoms. The van der Waals surface area contributed by atoms with Crippen molar-refractivity contribution in [3.63, 3.8) is 0 Å². The SMILES string of the molecule is C=C.CCCC(C)C(=O)N(CCN=C(c1ccccc1C)N(C)CCCO)c1cnccc1C. The summed E-state index contributed by atoms with van der Waals surface area (Å²) in [6, 6.07) is 10.1. The van der Waals surface area contributed by atoms with Gasteiger partial charge in [0.05, 0.1) is 18.4 Å². The number of carbonyl (C=O) groups is 1. The maximum absolute atomic E-state index is 13.3. The smallest absolute Gasteiger partial charge is 0.229 e. The maximum Gasteiger partial charge on any atom is 0.229 e. The third kappa shape index (κ3) is 8.41. The van der Waals surface area contributed by atoms with Gasteiger partial charge >= 0.3 is 0 Å². The number of nitrogens with zero attached hydrogens (tertiary/aromatic N) is 4. The second-order valence-corrected chi connectivity index (χ2v) is 8.36. The number of anilines is 1. The van der Waals surface area contributed by atoms with Crippen LogP contribution in [0.15, 0.2) is 60.9 Å². The first-order valence-electron chi connectivity index (χ1n) is 12.0. The van der Waals surface area contributed by atoms with Crippen LogP contribution in [0.4, 0.5) is 5.69 Å². The number of aromatic nitrogens is 1. The topological polar surface area (TPSA) is 69.0 Å². The van der Waals surface area contributed by atoms with Gasteiger partial charge in [0.25, 0.3) is 0 Å². The highest BCUT2D eigenvalue weighted by Crippen LogP contribution is 2.22. The predicted molar refractivity (Wildman–Crippen MR) is 144 cm³/mol. The maximum atomic E-state index is 13.3. The van der Waals surface area contributed by atoms with Gasteiger partial charge in [-0.1, -0.05) is 44.5 Å². The summed E-state index contributed by atoms with van der Waals surface area (Å²) >= 11 is 0. The lowest BCUT2D eigenvalue weighted by atomic mass is 10.0. The number of aliphatic hydroxyl groups excluding tert-OH is 1. The van der Waals surface area contributed by atoms with Crippen LogP contribution in [0.25, 0.3) is 0 Å². The van der Waals surface area contributed by atoms with E-state index in [0.717, 1.165) is 41.1 Å². The van der Waals surface area contributed by atoms with E-state index < -0.39 is 0 Å². The molecule has 1 unspecified atom stereocenters. The normalized spacial score (nSPS) is 11.9. The highest BCUT2D eigenvalue weighted by atomic mass is 16.3. The lowest BCUT2D eigenvalue weighted by molar-refractivity contribution is -0.122. The summed E-state index contributed by atoms with van der Waals surface area (Å²) in [6.07, 6.45) is 6.02.